The van der Waals surface area contributed by atoms with Gasteiger partial charge in [0.05, 0.1) is 10.6 Å². The first-order chi connectivity index (χ1) is 10.4. The van der Waals surface area contributed by atoms with E-state index in [1.807, 2.05) is 13.8 Å². The highest BCUT2D eigenvalue weighted by Crippen LogP contribution is 2.14. The van der Waals surface area contributed by atoms with Gasteiger partial charge in [0.15, 0.2) is 0 Å². The third-order valence-electron chi connectivity index (χ3n) is 3.43. The summed E-state index contributed by atoms with van der Waals surface area (Å²) in [7, 11) is 0. The first kappa shape index (κ1) is 18.5. The average molecular weight is 327 g/mol. The molecule has 5 nitrogen and oxygen atoms in total. The van der Waals surface area contributed by atoms with Crippen LogP contribution >= 0.6 is 11.6 Å². The van der Waals surface area contributed by atoms with Gasteiger partial charge in [-0.3, -0.25) is 9.59 Å². The van der Waals surface area contributed by atoms with Crippen LogP contribution in [0.25, 0.3) is 0 Å². The van der Waals surface area contributed by atoms with Crippen molar-refractivity contribution < 1.29 is 14.7 Å². The average Bonchev–Trinajstić information content (AvgIpc) is 2.46. The molecular weight excluding hydrogens is 304 g/mol. The summed E-state index contributed by atoms with van der Waals surface area (Å²) in [4.78, 5) is 24.3. The van der Waals surface area contributed by atoms with Gasteiger partial charge >= 0.3 is 0 Å². The lowest BCUT2D eigenvalue weighted by Gasteiger charge is -2.24. The lowest BCUT2D eigenvalue weighted by Crippen LogP contribution is -2.49. The minimum atomic E-state index is -0.691. The van der Waals surface area contributed by atoms with Crippen molar-refractivity contribution in [3.05, 3.63) is 34.9 Å². The van der Waals surface area contributed by atoms with E-state index < -0.39 is 11.9 Å². The molecule has 0 spiro atoms. The highest BCUT2D eigenvalue weighted by Gasteiger charge is 2.22. The van der Waals surface area contributed by atoms with Gasteiger partial charge in [0.1, 0.15) is 6.04 Å². The predicted molar refractivity (Wildman–Crippen MR) is 86.9 cm³/mol. The Balaban J connectivity index is 2.64. The van der Waals surface area contributed by atoms with Crippen molar-refractivity contribution in [2.24, 2.45) is 5.92 Å². The van der Waals surface area contributed by atoms with Crippen LogP contribution < -0.4 is 10.6 Å². The van der Waals surface area contributed by atoms with Gasteiger partial charge in [-0.25, -0.2) is 0 Å². The zero-order valence-corrected chi connectivity index (χ0v) is 13.9. The molecule has 22 heavy (non-hydrogen) atoms. The molecule has 1 rings (SSSR count). The van der Waals surface area contributed by atoms with Gasteiger partial charge in [-0.15, -0.1) is 0 Å². The van der Waals surface area contributed by atoms with E-state index in [2.05, 4.69) is 10.6 Å². The maximum Gasteiger partial charge on any atom is 0.253 e. The third kappa shape index (κ3) is 5.31. The predicted octanol–water partition coefficient (Wildman–Crippen LogP) is 1.98. The summed E-state index contributed by atoms with van der Waals surface area (Å²) >= 11 is 5.96. The van der Waals surface area contributed by atoms with E-state index in [9.17, 15) is 9.59 Å². The molecule has 0 heterocycles. The van der Waals surface area contributed by atoms with Gasteiger partial charge in [-0.05, 0) is 31.4 Å². The van der Waals surface area contributed by atoms with Crippen LogP contribution in [0.1, 0.15) is 37.6 Å². The molecule has 0 radical (unpaired) electrons. The second-order valence-electron chi connectivity index (χ2n) is 5.55. The third-order valence-corrected chi connectivity index (χ3v) is 3.76. The standard InChI is InChI=1S/C16H23ClN2O3/c1-10(2)14(8-9-20)19-15(21)11(3)18-16(22)12-6-4-5-7-13(12)17/h4-7,10-11,14,20H,8-9H2,1-3H3,(H,18,22)(H,19,21). The summed E-state index contributed by atoms with van der Waals surface area (Å²) in [6.07, 6.45) is 0.481. The molecule has 2 unspecified atom stereocenters. The zero-order chi connectivity index (χ0) is 16.7. The molecule has 0 aliphatic carbocycles. The highest BCUT2D eigenvalue weighted by molar-refractivity contribution is 6.33. The Morgan fingerprint density at radius 1 is 1.18 bits per heavy atom. The van der Waals surface area contributed by atoms with Gasteiger partial charge in [0.2, 0.25) is 5.91 Å². The lowest BCUT2D eigenvalue weighted by molar-refractivity contribution is -0.123. The number of amides is 2. The van der Waals surface area contributed by atoms with E-state index in [-0.39, 0.29) is 24.5 Å². The van der Waals surface area contributed by atoms with Crippen molar-refractivity contribution in [1.29, 1.82) is 0 Å². The maximum atomic E-state index is 12.1. The Labute approximate surface area is 136 Å². The van der Waals surface area contributed by atoms with Crippen molar-refractivity contribution >= 4 is 23.4 Å². The lowest BCUT2D eigenvalue weighted by atomic mass is 10.0. The van der Waals surface area contributed by atoms with E-state index in [1.54, 1.807) is 31.2 Å². The van der Waals surface area contributed by atoms with Crippen LogP contribution in [0.3, 0.4) is 0 Å². The maximum absolute atomic E-state index is 12.1. The van der Waals surface area contributed by atoms with E-state index in [0.717, 1.165) is 0 Å². The number of carbonyl (C=O) groups is 2. The van der Waals surface area contributed by atoms with Gasteiger partial charge in [0, 0.05) is 12.6 Å². The highest BCUT2D eigenvalue weighted by atomic mass is 35.5. The first-order valence-corrected chi connectivity index (χ1v) is 7.71. The summed E-state index contributed by atoms with van der Waals surface area (Å²) in [5.74, 6) is -0.480. The Morgan fingerprint density at radius 3 is 2.36 bits per heavy atom. The molecule has 2 atom stereocenters. The van der Waals surface area contributed by atoms with E-state index >= 15 is 0 Å². The van der Waals surface area contributed by atoms with Crippen molar-refractivity contribution in [1.82, 2.24) is 10.6 Å². The number of hydrogen-bond acceptors (Lipinski definition) is 3. The Bertz CT molecular complexity index is 520. The molecular formula is C16H23ClN2O3. The second-order valence-corrected chi connectivity index (χ2v) is 5.95. The first-order valence-electron chi connectivity index (χ1n) is 7.33. The van der Waals surface area contributed by atoms with E-state index in [0.29, 0.717) is 17.0 Å². The molecule has 0 fully saturated rings. The fraction of sp³-hybridized carbons (Fsp3) is 0.500. The van der Waals surface area contributed by atoms with Crippen LogP contribution in [-0.2, 0) is 4.79 Å². The number of halogens is 1. The van der Waals surface area contributed by atoms with Crippen LogP contribution in [0.4, 0.5) is 0 Å². The van der Waals surface area contributed by atoms with Crippen LogP contribution in [-0.4, -0.2) is 35.6 Å². The van der Waals surface area contributed by atoms with Crippen molar-refractivity contribution in [3.63, 3.8) is 0 Å². The summed E-state index contributed by atoms with van der Waals surface area (Å²) < 4.78 is 0. The summed E-state index contributed by atoms with van der Waals surface area (Å²) in [6.45, 7) is 5.55. The summed E-state index contributed by atoms with van der Waals surface area (Å²) in [5.41, 5.74) is 0.333. The van der Waals surface area contributed by atoms with Crippen LogP contribution in [0.5, 0.6) is 0 Å². The Hall–Kier alpha value is -1.59. The van der Waals surface area contributed by atoms with Crippen LogP contribution in [0.15, 0.2) is 24.3 Å². The molecule has 2 amide bonds. The van der Waals surface area contributed by atoms with Crippen molar-refractivity contribution in [3.8, 4) is 0 Å². The molecule has 122 valence electrons. The second kappa shape index (κ2) is 8.76. The number of carbonyl (C=O) groups excluding carboxylic acids is 2. The molecule has 0 aliphatic heterocycles. The molecule has 0 bridgehead atoms. The molecule has 1 aromatic carbocycles. The van der Waals surface area contributed by atoms with Crippen molar-refractivity contribution in [2.75, 3.05) is 6.61 Å². The van der Waals surface area contributed by atoms with Gasteiger partial charge in [-0.2, -0.15) is 0 Å². The molecule has 0 aromatic heterocycles. The fourth-order valence-electron chi connectivity index (χ4n) is 2.00. The Morgan fingerprint density at radius 2 is 1.82 bits per heavy atom. The van der Waals surface area contributed by atoms with E-state index in [4.69, 9.17) is 16.7 Å². The number of aliphatic hydroxyl groups is 1. The molecule has 0 saturated heterocycles. The molecule has 0 aliphatic rings. The van der Waals surface area contributed by atoms with Crippen molar-refractivity contribution in [2.45, 2.75) is 39.3 Å². The molecule has 3 N–H and O–H groups in total. The topological polar surface area (TPSA) is 78.4 Å². The normalized spacial score (nSPS) is 13.5. The van der Waals surface area contributed by atoms with Gasteiger partial charge in [0.25, 0.3) is 5.91 Å². The monoisotopic (exact) mass is 326 g/mol. The van der Waals surface area contributed by atoms with Crippen LogP contribution in [0.2, 0.25) is 5.02 Å². The Kier molecular flexibility index (Phi) is 7.35. The number of aliphatic hydroxyl groups excluding tert-OH is 1. The summed E-state index contributed by atoms with van der Waals surface area (Å²) in [5, 5.41) is 14.8. The minimum absolute atomic E-state index is 0.00346. The largest absolute Gasteiger partial charge is 0.396 e. The molecule has 6 heteroatoms. The summed E-state index contributed by atoms with van der Waals surface area (Å²) in [6, 6.07) is 5.85. The fourth-order valence-corrected chi connectivity index (χ4v) is 2.23. The van der Waals surface area contributed by atoms with E-state index in [1.165, 1.54) is 0 Å². The number of benzene rings is 1. The van der Waals surface area contributed by atoms with Gasteiger partial charge < -0.3 is 15.7 Å². The smallest absolute Gasteiger partial charge is 0.253 e. The van der Waals surface area contributed by atoms with Crippen LogP contribution in [0, 0.1) is 5.92 Å². The number of rotatable bonds is 7. The molecule has 0 saturated carbocycles. The van der Waals surface area contributed by atoms with Gasteiger partial charge in [-0.1, -0.05) is 37.6 Å². The zero-order valence-electron chi connectivity index (χ0n) is 13.1. The number of hydrogen-bond donors (Lipinski definition) is 3. The number of nitrogens with one attached hydrogen (secondary N) is 2. The quantitative estimate of drug-likeness (QED) is 0.717. The minimum Gasteiger partial charge on any atom is -0.396 e. The molecule has 1 aromatic rings. The SMILES string of the molecule is CC(NC(=O)c1ccccc1Cl)C(=O)NC(CCO)C(C)C.